The van der Waals surface area contributed by atoms with Crippen LogP contribution >= 0.6 is 11.6 Å². The number of carbonyl (C=O) groups excluding carboxylic acids is 2. The maximum atomic E-state index is 13.1. The van der Waals surface area contributed by atoms with Gasteiger partial charge < -0.3 is 25.2 Å². The molecule has 0 heterocycles. The summed E-state index contributed by atoms with van der Waals surface area (Å²) >= 11 is 6.19. The summed E-state index contributed by atoms with van der Waals surface area (Å²) in [6, 6.07) is 5.19. The van der Waals surface area contributed by atoms with E-state index in [1.165, 1.54) is 0 Å². The van der Waals surface area contributed by atoms with Gasteiger partial charge in [-0.05, 0) is 56.7 Å². The topological polar surface area (TPSA) is 122 Å². The summed E-state index contributed by atoms with van der Waals surface area (Å²) in [4.78, 5) is 24.9. The molecule has 3 atom stereocenters. The maximum absolute atomic E-state index is 13.1. The summed E-state index contributed by atoms with van der Waals surface area (Å²) in [5.41, 5.74) is 1.31. The van der Waals surface area contributed by atoms with E-state index in [0.29, 0.717) is 54.4 Å². The normalized spacial score (nSPS) is 19.3. The van der Waals surface area contributed by atoms with Gasteiger partial charge in [-0.2, -0.15) is 5.10 Å². The van der Waals surface area contributed by atoms with E-state index in [-0.39, 0.29) is 41.9 Å². The fourth-order valence-corrected chi connectivity index (χ4v) is 4.85. The molecule has 204 valence electrons. The molecule has 1 amide bonds. The first-order valence-electron chi connectivity index (χ1n) is 12.8. The van der Waals surface area contributed by atoms with Crippen molar-refractivity contribution < 1.29 is 24.2 Å². The third-order valence-corrected chi connectivity index (χ3v) is 6.68. The summed E-state index contributed by atoms with van der Waals surface area (Å²) in [5.74, 6) is 0.218. The zero-order chi connectivity index (χ0) is 27.2. The summed E-state index contributed by atoms with van der Waals surface area (Å²) in [6.45, 7) is 8.02. The van der Waals surface area contributed by atoms with E-state index in [2.05, 4.69) is 27.6 Å². The predicted molar refractivity (Wildman–Crippen MR) is 146 cm³/mol. The van der Waals surface area contributed by atoms with Gasteiger partial charge in [0.25, 0.3) is 0 Å². The Labute approximate surface area is 224 Å². The molecule has 1 aromatic rings. The minimum atomic E-state index is -0.266. The molecule has 10 heteroatoms. The van der Waals surface area contributed by atoms with Gasteiger partial charge in [0, 0.05) is 36.3 Å². The first-order valence-corrected chi connectivity index (χ1v) is 13.2. The van der Waals surface area contributed by atoms with Crippen molar-refractivity contribution in [2.45, 2.75) is 52.4 Å². The third kappa shape index (κ3) is 8.86. The number of ether oxygens (including phenoxy) is 2. The molecule has 1 fully saturated rings. The van der Waals surface area contributed by atoms with Crippen molar-refractivity contribution in [2.75, 3.05) is 26.9 Å². The zero-order valence-electron chi connectivity index (χ0n) is 22.0. The number of hydrogen-bond donors (Lipinski definition) is 3. The number of aliphatic hydroxyl groups excluding tert-OH is 1. The number of amides is 1. The quantitative estimate of drug-likeness (QED) is 0.109. The van der Waals surface area contributed by atoms with Crippen LogP contribution in [0.2, 0.25) is 5.02 Å². The summed E-state index contributed by atoms with van der Waals surface area (Å²) in [7, 11) is 1.69. The number of allylic oxidation sites excluding steroid dienone is 1. The number of benzene rings is 1. The maximum Gasteiger partial charge on any atom is 0.244 e. The second-order valence-electron chi connectivity index (χ2n) is 9.01. The van der Waals surface area contributed by atoms with Gasteiger partial charge in [-0.15, -0.1) is 5.10 Å². The van der Waals surface area contributed by atoms with Crippen molar-refractivity contribution in [3.05, 3.63) is 40.2 Å². The first kappa shape index (κ1) is 30.3. The third-order valence-electron chi connectivity index (χ3n) is 6.44. The monoisotopic (exact) mass is 534 g/mol. The number of aldehydes is 1. The van der Waals surface area contributed by atoms with Crippen LogP contribution in [0.4, 0.5) is 0 Å². The van der Waals surface area contributed by atoms with Crippen LogP contribution in [0.5, 0.6) is 5.75 Å². The van der Waals surface area contributed by atoms with Crippen LogP contribution < -0.4 is 15.4 Å². The number of hydrogen-bond acceptors (Lipinski definition) is 8. The Morgan fingerprint density at radius 3 is 2.76 bits per heavy atom. The molecule has 0 bridgehead atoms. The lowest BCUT2D eigenvalue weighted by molar-refractivity contribution is -0.126. The number of aliphatic hydroxyl groups is 1. The van der Waals surface area contributed by atoms with Crippen molar-refractivity contribution >= 4 is 36.4 Å². The lowest BCUT2D eigenvalue weighted by Crippen LogP contribution is -2.37. The van der Waals surface area contributed by atoms with E-state index in [1.54, 1.807) is 25.2 Å². The van der Waals surface area contributed by atoms with Gasteiger partial charge in [-0.1, -0.05) is 31.4 Å². The Hall–Kier alpha value is -2.91. The van der Waals surface area contributed by atoms with E-state index in [1.807, 2.05) is 13.8 Å². The highest BCUT2D eigenvalue weighted by Gasteiger charge is 2.29. The standard InChI is InChI=1S/C27H39ClN4O5/c1-5-8-20(15-33)25(29-3)23(16-34)31-26(35)19-10-7-9-18(13-19)17-37-27(32-30-4)22-14-21(28)11-12-24(22)36-6-2/h11-12,14,16,18-20,29,33H,4-10,13,15,17H2,1-3H3,(H,31,35)/b25-23+,32-27-. The first-order chi connectivity index (χ1) is 17.9. The molecule has 37 heavy (non-hydrogen) atoms. The predicted octanol–water partition coefficient (Wildman–Crippen LogP) is 4.08. The lowest BCUT2D eigenvalue weighted by atomic mass is 9.81. The molecule has 1 aliphatic rings. The van der Waals surface area contributed by atoms with Crippen LogP contribution in [0.15, 0.2) is 39.8 Å². The second-order valence-corrected chi connectivity index (χ2v) is 9.45. The largest absolute Gasteiger partial charge is 0.493 e. The molecule has 9 nitrogen and oxygen atoms in total. The van der Waals surface area contributed by atoms with Crippen molar-refractivity contribution in [3.63, 3.8) is 0 Å². The smallest absolute Gasteiger partial charge is 0.244 e. The van der Waals surface area contributed by atoms with Crippen LogP contribution in [0.3, 0.4) is 0 Å². The van der Waals surface area contributed by atoms with Crippen LogP contribution in [0, 0.1) is 17.8 Å². The van der Waals surface area contributed by atoms with Crippen molar-refractivity contribution in [3.8, 4) is 5.75 Å². The Kier molecular flexibility index (Phi) is 13.1. The van der Waals surface area contributed by atoms with Gasteiger partial charge >= 0.3 is 0 Å². The van der Waals surface area contributed by atoms with E-state index in [9.17, 15) is 14.7 Å². The van der Waals surface area contributed by atoms with Gasteiger partial charge in [0.2, 0.25) is 11.8 Å². The molecule has 3 N–H and O–H groups in total. The van der Waals surface area contributed by atoms with Crippen LogP contribution in [0.25, 0.3) is 0 Å². The number of nitrogens with zero attached hydrogens (tertiary/aromatic N) is 2. The van der Waals surface area contributed by atoms with Crippen LogP contribution in [0.1, 0.15) is 57.9 Å². The van der Waals surface area contributed by atoms with E-state index in [4.69, 9.17) is 21.1 Å². The summed E-state index contributed by atoms with van der Waals surface area (Å²) in [6.07, 6.45) is 5.25. The Bertz CT molecular complexity index is 982. The van der Waals surface area contributed by atoms with E-state index < -0.39 is 0 Å². The molecule has 0 aromatic heterocycles. The van der Waals surface area contributed by atoms with E-state index >= 15 is 0 Å². The number of rotatable bonds is 14. The van der Waals surface area contributed by atoms with Gasteiger partial charge in [0.15, 0.2) is 6.29 Å². The lowest BCUT2D eigenvalue weighted by Gasteiger charge is -2.29. The fourth-order valence-electron chi connectivity index (χ4n) is 4.68. The van der Waals surface area contributed by atoms with Gasteiger partial charge in [0.1, 0.15) is 11.4 Å². The highest BCUT2D eigenvalue weighted by atomic mass is 35.5. The summed E-state index contributed by atoms with van der Waals surface area (Å²) in [5, 5.41) is 23.7. The molecule has 3 unspecified atom stereocenters. The van der Waals surface area contributed by atoms with Crippen molar-refractivity contribution in [2.24, 2.45) is 28.0 Å². The molecular weight excluding hydrogens is 496 g/mol. The Morgan fingerprint density at radius 1 is 1.35 bits per heavy atom. The van der Waals surface area contributed by atoms with Crippen LogP contribution in [-0.2, 0) is 14.3 Å². The van der Waals surface area contributed by atoms with Gasteiger partial charge in [-0.25, -0.2) is 0 Å². The highest BCUT2D eigenvalue weighted by molar-refractivity contribution is 6.31. The average molecular weight is 535 g/mol. The Balaban J connectivity index is 2.11. The molecular formula is C27H39ClN4O5. The molecule has 0 spiro atoms. The molecule has 1 aromatic carbocycles. The van der Waals surface area contributed by atoms with Crippen molar-refractivity contribution in [1.29, 1.82) is 0 Å². The molecule has 2 rings (SSSR count). The number of nitrogens with one attached hydrogen (secondary N) is 2. The van der Waals surface area contributed by atoms with Gasteiger partial charge in [0.05, 0.1) is 25.4 Å². The van der Waals surface area contributed by atoms with E-state index in [0.717, 1.165) is 25.7 Å². The SMILES string of the molecule is C=N/N=C(\OCC1CCCC(C(=O)N/C(C=O)=C(/NC)C(CO)CCC)C1)c1cc(Cl)ccc1OCC. The molecule has 1 saturated carbocycles. The zero-order valence-corrected chi connectivity index (χ0v) is 22.7. The molecule has 0 saturated heterocycles. The highest BCUT2D eigenvalue weighted by Crippen LogP contribution is 2.31. The number of halogens is 1. The van der Waals surface area contributed by atoms with Crippen LogP contribution in [-0.4, -0.2) is 56.8 Å². The Morgan fingerprint density at radius 2 is 2.14 bits per heavy atom. The second kappa shape index (κ2) is 16.0. The van der Waals surface area contributed by atoms with Gasteiger partial charge in [-0.3, -0.25) is 9.59 Å². The summed E-state index contributed by atoms with van der Waals surface area (Å²) < 4.78 is 11.7. The minimum absolute atomic E-state index is 0.104. The molecule has 0 radical (unpaired) electrons. The minimum Gasteiger partial charge on any atom is -0.493 e. The van der Waals surface area contributed by atoms with Crippen molar-refractivity contribution in [1.82, 2.24) is 10.6 Å². The average Bonchev–Trinajstić information content (AvgIpc) is 2.91. The molecule has 0 aliphatic heterocycles. The fraction of sp³-hybridized carbons (Fsp3) is 0.556. The number of carbonyl (C=O) groups is 2. The molecule has 1 aliphatic carbocycles.